The number of aryl methyl sites for hydroxylation is 1. The van der Waals surface area contributed by atoms with Crippen molar-refractivity contribution in [3.63, 3.8) is 0 Å². The van der Waals surface area contributed by atoms with Gasteiger partial charge in [-0.15, -0.1) is 5.10 Å². The normalized spacial score (nSPS) is 12.2. The lowest BCUT2D eigenvalue weighted by Crippen LogP contribution is -2.09. The van der Waals surface area contributed by atoms with Gasteiger partial charge in [0.15, 0.2) is 5.78 Å². The molecule has 5 heteroatoms. The van der Waals surface area contributed by atoms with Crippen LogP contribution in [-0.4, -0.2) is 20.8 Å². The highest BCUT2D eigenvalue weighted by Gasteiger charge is 2.20. The van der Waals surface area contributed by atoms with Crippen molar-refractivity contribution in [1.82, 2.24) is 15.0 Å². The summed E-state index contributed by atoms with van der Waals surface area (Å²) in [5.74, 6) is 0.0464. The highest BCUT2D eigenvalue weighted by atomic mass is 32.2. The standard InChI is InChI=1S/C23H21N3OS/c1-3-22(26-20-12-8-7-11-19(20)24-25-26)28-21-14-13-16(2)15-18(21)23(27)17-9-5-4-6-10-17/h4-15,22H,3H2,1-2H3. The first kappa shape index (κ1) is 18.4. The van der Waals surface area contributed by atoms with Gasteiger partial charge in [0, 0.05) is 16.0 Å². The van der Waals surface area contributed by atoms with Crippen molar-refractivity contribution in [3.8, 4) is 0 Å². The zero-order valence-electron chi connectivity index (χ0n) is 15.9. The Balaban J connectivity index is 1.72. The highest BCUT2D eigenvalue weighted by Crippen LogP contribution is 2.37. The van der Waals surface area contributed by atoms with Crippen LogP contribution in [0.5, 0.6) is 0 Å². The number of thioether (sulfide) groups is 1. The first-order valence-corrected chi connectivity index (χ1v) is 10.2. The maximum absolute atomic E-state index is 13.1. The van der Waals surface area contributed by atoms with E-state index in [0.717, 1.165) is 33.5 Å². The lowest BCUT2D eigenvalue weighted by molar-refractivity contribution is 0.103. The summed E-state index contributed by atoms with van der Waals surface area (Å²) in [6, 6.07) is 23.5. The van der Waals surface area contributed by atoms with Crippen molar-refractivity contribution in [1.29, 1.82) is 0 Å². The van der Waals surface area contributed by atoms with Gasteiger partial charge in [-0.1, -0.05) is 78.0 Å². The molecule has 0 aliphatic rings. The van der Waals surface area contributed by atoms with Crippen LogP contribution in [0.2, 0.25) is 0 Å². The topological polar surface area (TPSA) is 47.8 Å². The minimum absolute atomic E-state index is 0.0464. The van der Waals surface area contributed by atoms with E-state index in [2.05, 4.69) is 23.3 Å². The van der Waals surface area contributed by atoms with Crippen LogP contribution in [-0.2, 0) is 0 Å². The lowest BCUT2D eigenvalue weighted by atomic mass is 10.0. The number of carbonyl (C=O) groups is 1. The third-order valence-electron chi connectivity index (χ3n) is 4.68. The van der Waals surface area contributed by atoms with E-state index in [1.165, 1.54) is 0 Å². The molecule has 1 heterocycles. The Hall–Kier alpha value is -2.92. The number of nitrogens with zero attached hydrogens (tertiary/aromatic N) is 3. The van der Waals surface area contributed by atoms with Gasteiger partial charge >= 0.3 is 0 Å². The molecule has 0 saturated heterocycles. The Bertz CT molecular complexity index is 1120. The number of hydrogen-bond donors (Lipinski definition) is 0. The third kappa shape index (κ3) is 3.58. The van der Waals surface area contributed by atoms with E-state index in [-0.39, 0.29) is 11.2 Å². The summed E-state index contributed by atoms with van der Waals surface area (Å²) in [5.41, 5.74) is 4.40. The minimum atomic E-state index is 0.0464. The SMILES string of the molecule is CCC(Sc1ccc(C)cc1C(=O)c1ccccc1)n1nnc2ccccc21. The van der Waals surface area contributed by atoms with E-state index in [0.29, 0.717) is 5.56 Å². The molecule has 28 heavy (non-hydrogen) atoms. The maximum atomic E-state index is 13.1. The van der Waals surface area contributed by atoms with Gasteiger partial charge in [0.2, 0.25) is 0 Å². The zero-order valence-corrected chi connectivity index (χ0v) is 16.7. The molecule has 3 aromatic carbocycles. The molecule has 1 atom stereocenters. The van der Waals surface area contributed by atoms with Gasteiger partial charge in [0.25, 0.3) is 0 Å². The summed E-state index contributed by atoms with van der Waals surface area (Å²) >= 11 is 1.66. The Kier molecular flexibility index (Phi) is 5.26. The Morgan fingerprint density at radius 2 is 1.79 bits per heavy atom. The first-order chi connectivity index (χ1) is 13.7. The molecule has 1 unspecified atom stereocenters. The van der Waals surface area contributed by atoms with Gasteiger partial charge in [0.05, 0.1) is 5.52 Å². The fraction of sp³-hybridized carbons (Fsp3) is 0.174. The monoisotopic (exact) mass is 387 g/mol. The zero-order chi connectivity index (χ0) is 19.5. The molecule has 0 bridgehead atoms. The van der Waals surface area contributed by atoms with Gasteiger partial charge in [-0.05, 0) is 37.6 Å². The Morgan fingerprint density at radius 3 is 2.57 bits per heavy atom. The largest absolute Gasteiger partial charge is 0.289 e. The van der Waals surface area contributed by atoms with Crippen molar-refractivity contribution in [2.75, 3.05) is 0 Å². The van der Waals surface area contributed by atoms with Crippen LogP contribution in [0.15, 0.2) is 77.7 Å². The average molecular weight is 388 g/mol. The number of para-hydroxylation sites is 1. The van der Waals surface area contributed by atoms with Gasteiger partial charge in [-0.3, -0.25) is 4.79 Å². The molecule has 0 saturated carbocycles. The summed E-state index contributed by atoms with van der Waals surface area (Å²) < 4.78 is 1.95. The molecule has 140 valence electrons. The van der Waals surface area contributed by atoms with E-state index in [4.69, 9.17) is 0 Å². The van der Waals surface area contributed by atoms with Crippen LogP contribution in [0.3, 0.4) is 0 Å². The number of rotatable bonds is 6. The molecule has 0 spiro atoms. The first-order valence-electron chi connectivity index (χ1n) is 9.34. The molecule has 0 radical (unpaired) electrons. The molecule has 0 N–H and O–H groups in total. The smallest absolute Gasteiger partial charge is 0.194 e. The van der Waals surface area contributed by atoms with Crippen LogP contribution < -0.4 is 0 Å². The van der Waals surface area contributed by atoms with Crippen LogP contribution in [0.1, 0.15) is 40.2 Å². The van der Waals surface area contributed by atoms with Gasteiger partial charge in [-0.2, -0.15) is 0 Å². The van der Waals surface area contributed by atoms with Crippen LogP contribution >= 0.6 is 11.8 Å². The van der Waals surface area contributed by atoms with Gasteiger partial charge < -0.3 is 0 Å². The average Bonchev–Trinajstić information content (AvgIpc) is 3.17. The predicted molar refractivity (Wildman–Crippen MR) is 114 cm³/mol. The van der Waals surface area contributed by atoms with Crippen molar-refractivity contribution < 1.29 is 4.79 Å². The number of ketones is 1. The van der Waals surface area contributed by atoms with E-state index < -0.39 is 0 Å². The molecule has 4 rings (SSSR count). The maximum Gasteiger partial charge on any atom is 0.194 e. The molecule has 0 aliphatic heterocycles. The third-order valence-corrected chi connectivity index (χ3v) is 6.09. The second-order valence-corrected chi connectivity index (χ2v) is 7.92. The molecular weight excluding hydrogens is 366 g/mol. The van der Waals surface area contributed by atoms with E-state index >= 15 is 0 Å². The Morgan fingerprint density at radius 1 is 1.04 bits per heavy atom. The highest BCUT2D eigenvalue weighted by molar-refractivity contribution is 7.99. The van der Waals surface area contributed by atoms with Gasteiger partial charge in [0.1, 0.15) is 10.9 Å². The fourth-order valence-electron chi connectivity index (χ4n) is 3.22. The van der Waals surface area contributed by atoms with E-state index in [1.54, 1.807) is 11.8 Å². The quantitative estimate of drug-likeness (QED) is 0.316. The van der Waals surface area contributed by atoms with Crippen molar-refractivity contribution in [2.45, 2.75) is 30.5 Å². The van der Waals surface area contributed by atoms with Crippen LogP contribution in [0.25, 0.3) is 11.0 Å². The molecular formula is C23H21N3OS. The number of benzene rings is 3. The minimum Gasteiger partial charge on any atom is -0.289 e. The molecule has 1 aromatic heterocycles. The molecule has 0 fully saturated rings. The Labute approximate surface area is 168 Å². The predicted octanol–water partition coefficient (Wildman–Crippen LogP) is 5.67. The summed E-state index contributed by atoms with van der Waals surface area (Å²) in [6.07, 6.45) is 0.866. The fourth-order valence-corrected chi connectivity index (χ4v) is 4.36. The van der Waals surface area contributed by atoms with Crippen LogP contribution in [0, 0.1) is 6.92 Å². The summed E-state index contributed by atoms with van der Waals surface area (Å²) in [5, 5.41) is 8.71. The van der Waals surface area contributed by atoms with Crippen molar-refractivity contribution in [3.05, 3.63) is 89.5 Å². The number of carbonyl (C=O) groups excluding carboxylic acids is 1. The number of fused-ring (bicyclic) bond motifs is 1. The molecule has 0 aliphatic carbocycles. The molecule has 0 amide bonds. The van der Waals surface area contributed by atoms with E-state index in [9.17, 15) is 4.79 Å². The summed E-state index contributed by atoms with van der Waals surface area (Å²) in [6.45, 7) is 4.14. The van der Waals surface area contributed by atoms with Crippen molar-refractivity contribution in [2.24, 2.45) is 0 Å². The lowest BCUT2D eigenvalue weighted by Gasteiger charge is -2.18. The second kappa shape index (κ2) is 7.98. The van der Waals surface area contributed by atoms with Gasteiger partial charge in [-0.25, -0.2) is 4.68 Å². The number of hydrogen-bond acceptors (Lipinski definition) is 4. The molecule has 4 nitrogen and oxygen atoms in total. The summed E-state index contributed by atoms with van der Waals surface area (Å²) in [4.78, 5) is 14.1. The summed E-state index contributed by atoms with van der Waals surface area (Å²) in [7, 11) is 0. The molecule has 4 aromatic rings. The van der Waals surface area contributed by atoms with Crippen LogP contribution in [0.4, 0.5) is 0 Å². The number of aromatic nitrogens is 3. The second-order valence-electron chi connectivity index (χ2n) is 6.70. The van der Waals surface area contributed by atoms with Crippen molar-refractivity contribution >= 4 is 28.6 Å². The van der Waals surface area contributed by atoms with E-state index in [1.807, 2.05) is 78.3 Å².